The minimum absolute atomic E-state index is 0.160. The lowest BCUT2D eigenvalue weighted by Gasteiger charge is -2.18. The molecule has 0 radical (unpaired) electrons. The molecule has 0 saturated heterocycles. The Morgan fingerprint density at radius 2 is 1.64 bits per heavy atom. The van der Waals surface area contributed by atoms with Gasteiger partial charge in [-0.2, -0.15) is 13.2 Å². The van der Waals surface area contributed by atoms with Gasteiger partial charge in [-0.15, -0.1) is 0 Å². The normalized spacial score (nSPS) is 11.1. The summed E-state index contributed by atoms with van der Waals surface area (Å²) in [7, 11) is 1.32. The predicted molar refractivity (Wildman–Crippen MR) is 83.4 cm³/mol. The van der Waals surface area contributed by atoms with Gasteiger partial charge in [-0.05, 0) is 36.4 Å². The fraction of sp³-hybridized carbons (Fsp3) is 0.176. The van der Waals surface area contributed by atoms with E-state index >= 15 is 0 Å². The van der Waals surface area contributed by atoms with Crippen LogP contribution in [0.15, 0.2) is 48.5 Å². The Bertz CT molecular complexity index is 773. The zero-order valence-electron chi connectivity index (χ0n) is 13.1. The number of hydrogen-bond acceptors (Lipinski definition) is 2. The molecule has 0 aliphatic rings. The Balaban J connectivity index is 2.05. The van der Waals surface area contributed by atoms with Crippen LogP contribution in [0.5, 0.6) is 0 Å². The third-order valence-electron chi connectivity index (χ3n) is 3.33. The van der Waals surface area contributed by atoms with E-state index in [0.717, 1.165) is 29.2 Å². The van der Waals surface area contributed by atoms with Gasteiger partial charge in [0.05, 0.1) is 17.8 Å². The maximum Gasteiger partial charge on any atom is 0.418 e. The van der Waals surface area contributed by atoms with Crippen LogP contribution in [0, 0.1) is 5.82 Å². The van der Waals surface area contributed by atoms with Crippen molar-refractivity contribution in [3.8, 4) is 0 Å². The van der Waals surface area contributed by atoms with E-state index in [0.29, 0.717) is 0 Å². The van der Waals surface area contributed by atoms with Crippen LogP contribution in [0.2, 0.25) is 0 Å². The van der Waals surface area contributed by atoms with Crippen LogP contribution in [-0.4, -0.2) is 30.3 Å². The summed E-state index contributed by atoms with van der Waals surface area (Å²) in [5.41, 5.74) is -1.20. The average Bonchev–Trinajstić information content (AvgIpc) is 2.54. The van der Waals surface area contributed by atoms with E-state index in [1.54, 1.807) is 0 Å². The summed E-state index contributed by atoms with van der Waals surface area (Å²) in [6.07, 6.45) is -4.61. The summed E-state index contributed by atoms with van der Waals surface area (Å²) in [4.78, 5) is 25.1. The summed E-state index contributed by atoms with van der Waals surface area (Å²) in [5.74, 6) is -1.85. The van der Waals surface area contributed by atoms with Crippen molar-refractivity contribution >= 4 is 17.5 Å². The molecule has 0 aromatic heterocycles. The number of para-hydroxylation sites is 1. The third-order valence-corrected chi connectivity index (χ3v) is 3.33. The predicted octanol–water partition coefficient (Wildman–Crippen LogP) is 3.56. The van der Waals surface area contributed by atoms with E-state index in [-0.39, 0.29) is 11.3 Å². The topological polar surface area (TPSA) is 49.4 Å². The monoisotopic (exact) mass is 354 g/mol. The van der Waals surface area contributed by atoms with Gasteiger partial charge >= 0.3 is 6.18 Å². The molecule has 0 fully saturated rings. The standard InChI is InChI=1S/C17H14F4N2O2/c1-23(16(25)11-6-8-12(18)9-7-11)10-15(24)22-14-5-3-2-4-13(14)17(19,20)21/h2-9H,10H2,1H3,(H,22,24). The van der Waals surface area contributed by atoms with Crippen molar-refractivity contribution in [1.82, 2.24) is 4.90 Å². The van der Waals surface area contributed by atoms with Crippen LogP contribution < -0.4 is 5.32 Å². The molecule has 0 bridgehead atoms. The van der Waals surface area contributed by atoms with Gasteiger partial charge in [0.15, 0.2) is 0 Å². The van der Waals surface area contributed by atoms with E-state index in [1.165, 1.54) is 31.3 Å². The van der Waals surface area contributed by atoms with Crippen molar-refractivity contribution in [3.05, 3.63) is 65.5 Å². The molecule has 2 amide bonds. The zero-order valence-corrected chi connectivity index (χ0v) is 13.1. The maximum atomic E-state index is 12.9. The summed E-state index contributed by atoms with van der Waals surface area (Å²) in [6.45, 7) is -0.456. The average molecular weight is 354 g/mol. The second-order valence-corrected chi connectivity index (χ2v) is 5.26. The van der Waals surface area contributed by atoms with Gasteiger partial charge in [-0.25, -0.2) is 4.39 Å². The van der Waals surface area contributed by atoms with Crippen molar-refractivity contribution in [2.24, 2.45) is 0 Å². The molecule has 4 nitrogen and oxygen atoms in total. The van der Waals surface area contributed by atoms with Crippen molar-refractivity contribution in [1.29, 1.82) is 0 Å². The lowest BCUT2D eigenvalue weighted by atomic mass is 10.1. The second kappa shape index (κ2) is 7.33. The number of hydrogen-bond donors (Lipinski definition) is 1. The van der Waals surface area contributed by atoms with Crippen LogP contribution in [-0.2, 0) is 11.0 Å². The molecule has 0 atom stereocenters. The van der Waals surface area contributed by atoms with E-state index in [9.17, 15) is 27.2 Å². The lowest BCUT2D eigenvalue weighted by molar-refractivity contribution is -0.137. The third kappa shape index (κ3) is 4.79. The highest BCUT2D eigenvalue weighted by Crippen LogP contribution is 2.34. The second-order valence-electron chi connectivity index (χ2n) is 5.26. The number of benzene rings is 2. The quantitative estimate of drug-likeness (QED) is 0.854. The number of amides is 2. The van der Waals surface area contributed by atoms with E-state index in [2.05, 4.69) is 5.32 Å². The molecule has 0 aliphatic carbocycles. The molecule has 1 N–H and O–H groups in total. The smallest absolute Gasteiger partial charge is 0.332 e. The van der Waals surface area contributed by atoms with Crippen LogP contribution >= 0.6 is 0 Å². The van der Waals surface area contributed by atoms with E-state index < -0.39 is 35.9 Å². The Hall–Kier alpha value is -2.90. The van der Waals surface area contributed by atoms with Gasteiger partial charge in [0.2, 0.25) is 5.91 Å². The molecule has 0 heterocycles. The molecule has 25 heavy (non-hydrogen) atoms. The Morgan fingerprint density at radius 3 is 2.24 bits per heavy atom. The van der Waals surface area contributed by atoms with E-state index in [4.69, 9.17) is 0 Å². The Labute approximate surface area is 141 Å². The highest BCUT2D eigenvalue weighted by Gasteiger charge is 2.33. The number of nitrogens with zero attached hydrogens (tertiary/aromatic N) is 1. The van der Waals surface area contributed by atoms with Gasteiger partial charge < -0.3 is 10.2 Å². The van der Waals surface area contributed by atoms with Crippen LogP contribution in [0.1, 0.15) is 15.9 Å². The molecule has 132 valence electrons. The van der Waals surface area contributed by atoms with Crippen molar-refractivity contribution in [3.63, 3.8) is 0 Å². The number of alkyl halides is 3. The number of anilines is 1. The minimum Gasteiger partial charge on any atom is -0.332 e. The fourth-order valence-electron chi connectivity index (χ4n) is 2.13. The van der Waals surface area contributed by atoms with Gasteiger partial charge in [0, 0.05) is 12.6 Å². The number of nitrogens with one attached hydrogen (secondary N) is 1. The van der Waals surface area contributed by atoms with Gasteiger partial charge in [0.1, 0.15) is 5.82 Å². The number of carbonyl (C=O) groups is 2. The van der Waals surface area contributed by atoms with E-state index in [1.807, 2.05) is 0 Å². The number of rotatable bonds is 4. The zero-order chi connectivity index (χ0) is 18.6. The SMILES string of the molecule is CN(CC(=O)Nc1ccccc1C(F)(F)F)C(=O)c1ccc(F)cc1. The minimum atomic E-state index is -4.61. The molecule has 0 spiro atoms. The maximum absolute atomic E-state index is 12.9. The van der Waals surface area contributed by atoms with Crippen LogP contribution in [0.4, 0.5) is 23.2 Å². The van der Waals surface area contributed by atoms with Gasteiger partial charge in [-0.1, -0.05) is 12.1 Å². The number of halogens is 4. The summed E-state index contributed by atoms with van der Waals surface area (Å²) in [6, 6.07) is 9.25. The molecule has 2 aromatic carbocycles. The first-order chi connectivity index (χ1) is 11.7. The highest BCUT2D eigenvalue weighted by atomic mass is 19.4. The largest absolute Gasteiger partial charge is 0.418 e. The number of likely N-dealkylation sites (N-methyl/N-ethyl adjacent to an activating group) is 1. The first-order valence-electron chi connectivity index (χ1n) is 7.15. The highest BCUT2D eigenvalue weighted by molar-refractivity contribution is 5.99. The van der Waals surface area contributed by atoms with Crippen molar-refractivity contribution < 1.29 is 27.2 Å². The van der Waals surface area contributed by atoms with Gasteiger partial charge in [0.25, 0.3) is 5.91 Å². The molecule has 2 aromatic rings. The molecule has 0 unspecified atom stereocenters. The number of carbonyl (C=O) groups excluding carboxylic acids is 2. The molecule has 0 aliphatic heterocycles. The first-order valence-corrected chi connectivity index (χ1v) is 7.15. The molecule has 2 rings (SSSR count). The van der Waals surface area contributed by atoms with Crippen molar-refractivity contribution in [2.45, 2.75) is 6.18 Å². The fourth-order valence-corrected chi connectivity index (χ4v) is 2.13. The molecule has 0 saturated carbocycles. The summed E-state index contributed by atoms with van der Waals surface area (Å²) < 4.78 is 51.5. The summed E-state index contributed by atoms with van der Waals surface area (Å²) >= 11 is 0. The molecule has 8 heteroatoms. The molecular formula is C17H14F4N2O2. The molecular weight excluding hydrogens is 340 g/mol. The van der Waals surface area contributed by atoms with Gasteiger partial charge in [-0.3, -0.25) is 9.59 Å². The first kappa shape index (κ1) is 18.4. The van der Waals surface area contributed by atoms with Crippen LogP contribution in [0.3, 0.4) is 0 Å². The summed E-state index contributed by atoms with van der Waals surface area (Å²) in [5, 5.41) is 2.15. The Kier molecular flexibility index (Phi) is 5.41. The lowest BCUT2D eigenvalue weighted by Crippen LogP contribution is -2.35. The Morgan fingerprint density at radius 1 is 1.04 bits per heavy atom. The van der Waals surface area contributed by atoms with Crippen molar-refractivity contribution in [2.75, 3.05) is 18.9 Å². The van der Waals surface area contributed by atoms with Crippen LogP contribution in [0.25, 0.3) is 0 Å².